The minimum absolute atomic E-state index is 0.154. The molecule has 6 nitrogen and oxygen atoms in total. The van der Waals surface area contributed by atoms with E-state index in [2.05, 4.69) is 41.4 Å². The normalized spacial score (nSPS) is 14.9. The molecule has 1 fully saturated rings. The van der Waals surface area contributed by atoms with Gasteiger partial charge in [-0.3, -0.25) is 4.79 Å². The van der Waals surface area contributed by atoms with Crippen LogP contribution >= 0.6 is 0 Å². The van der Waals surface area contributed by atoms with Gasteiger partial charge in [0.05, 0.1) is 0 Å². The van der Waals surface area contributed by atoms with Gasteiger partial charge in [0.2, 0.25) is 5.91 Å². The summed E-state index contributed by atoms with van der Waals surface area (Å²) >= 11 is 0. The summed E-state index contributed by atoms with van der Waals surface area (Å²) in [5.41, 5.74) is 6.65. The van der Waals surface area contributed by atoms with Gasteiger partial charge in [-0.1, -0.05) is 20.8 Å². The van der Waals surface area contributed by atoms with E-state index in [9.17, 15) is 4.79 Å². The van der Waals surface area contributed by atoms with Crippen LogP contribution in [0.4, 0.5) is 11.6 Å². The maximum absolute atomic E-state index is 11.5. The summed E-state index contributed by atoms with van der Waals surface area (Å²) < 4.78 is 0. The van der Waals surface area contributed by atoms with Crippen LogP contribution in [0.2, 0.25) is 0 Å². The van der Waals surface area contributed by atoms with Crippen molar-refractivity contribution in [2.45, 2.75) is 46.0 Å². The summed E-state index contributed by atoms with van der Waals surface area (Å²) in [5.74, 6) is 2.36. The van der Waals surface area contributed by atoms with Crippen molar-refractivity contribution < 1.29 is 4.79 Å². The average Bonchev–Trinajstić information content (AvgIpc) is 3.21. The SMILES string of the molecule is Cc1c(N)nc(C(C)(C)C)nc1NCCNC(=O)C1CC1. The third-order valence-electron chi connectivity index (χ3n) is 3.52. The van der Waals surface area contributed by atoms with Crippen LogP contribution in [0.5, 0.6) is 0 Å². The molecule has 6 heteroatoms. The molecule has 116 valence electrons. The van der Waals surface area contributed by atoms with E-state index in [-0.39, 0.29) is 17.2 Å². The zero-order chi connectivity index (χ0) is 15.6. The van der Waals surface area contributed by atoms with Gasteiger partial charge in [0.15, 0.2) is 0 Å². The fraction of sp³-hybridized carbons (Fsp3) is 0.667. The van der Waals surface area contributed by atoms with Crippen LogP contribution in [0.3, 0.4) is 0 Å². The Morgan fingerprint density at radius 1 is 1.29 bits per heavy atom. The van der Waals surface area contributed by atoms with Crippen molar-refractivity contribution in [3.05, 3.63) is 11.4 Å². The highest BCUT2D eigenvalue weighted by molar-refractivity contribution is 5.80. The number of hydrogen-bond acceptors (Lipinski definition) is 5. The number of amides is 1. The highest BCUT2D eigenvalue weighted by Crippen LogP contribution is 2.28. The summed E-state index contributed by atoms with van der Waals surface area (Å²) in [5, 5.41) is 6.15. The second kappa shape index (κ2) is 5.87. The predicted molar refractivity (Wildman–Crippen MR) is 84.1 cm³/mol. The van der Waals surface area contributed by atoms with E-state index in [1.165, 1.54) is 0 Å². The summed E-state index contributed by atoms with van der Waals surface area (Å²) in [6.07, 6.45) is 2.05. The minimum atomic E-state index is -0.154. The molecule has 1 aliphatic carbocycles. The molecule has 0 unspecified atom stereocenters. The molecule has 1 aromatic rings. The zero-order valence-corrected chi connectivity index (χ0v) is 13.3. The molecule has 0 saturated heterocycles. The first-order valence-electron chi connectivity index (χ1n) is 7.45. The van der Waals surface area contributed by atoms with Crippen molar-refractivity contribution in [1.29, 1.82) is 0 Å². The van der Waals surface area contributed by atoms with Crippen LogP contribution in [0, 0.1) is 12.8 Å². The van der Waals surface area contributed by atoms with Crippen molar-refractivity contribution in [3.8, 4) is 0 Å². The van der Waals surface area contributed by atoms with E-state index >= 15 is 0 Å². The van der Waals surface area contributed by atoms with Crippen molar-refractivity contribution in [2.75, 3.05) is 24.1 Å². The molecule has 1 heterocycles. The first-order valence-corrected chi connectivity index (χ1v) is 7.45. The fourth-order valence-corrected chi connectivity index (χ4v) is 1.90. The molecule has 21 heavy (non-hydrogen) atoms. The maximum atomic E-state index is 11.5. The van der Waals surface area contributed by atoms with E-state index in [0.29, 0.717) is 18.9 Å². The first kappa shape index (κ1) is 15.5. The number of rotatable bonds is 5. The fourth-order valence-electron chi connectivity index (χ4n) is 1.90. The van der Waals surface area contributed by atoms with Crippen molar-refractivity contribution in [2.24, 2.45) is 5.92 Å². The molecule has 1 aliphatic rings. The Kier molecular flexibility index (Phi) is 4.34. The van der Waals surface area contributed by atoms with Crippen LogP contribution in [-0.2, 0) is 10.2 Å². The average molecular weight is 291 g/mol. The Balaban J connectivity index is 1.95. The smallest absolute Gasteiger partial charge is 0.223 e. The Labute approximate surface area is 125 Å². The molecule has 2 rings (SSSR count). The topological polar surface area (TPSA) is 92.9 Å². The molecule has 0 bridgehead atoms. The molecule has 1 aromatic heterocycles. The molecule has 0 spiro atoms. The van der Waals surface area contributed by atoms with Gasteiger partial charge in [0.1, 0.15) is 17.5 Å². The number of carbonyl (C=O) groups excluding carboxylic acids is 1. The lowest BCUT2D eigenvalue weighted by molar-refractivity contribution is -0.122. The number of anilines is 2. The molecule has 0 aliphatic heterocycles. The summed E-state index contributed by atoms with van der Waals surface area (Å²) in [7, 11) is 0. The van der Waals surface area contributed by atoms with Gasteiger partial charge in [-0.25, -0.2) is 9.97 Å². The first-order chi connectivity index (χ1) is 9.79. The standard InChI is InChI=1S/C15H25N5O/c1-9-11(16)19-14(15(2,3)4)20-12(9)17-7-8-18-13(21)10-5-6-10/h10H,5-8H2,1-4H3,(H,18,21)(H3,16,17,19,20). The number of carbonyl (C=O) groups is 1. The van der Waals surface area contributed by atoms with E-state index in [4.69, 9.17) is 5.73 Å². The van der Waals surface area contributed by atoms with Gasteiger partial charge in [-0.2, -0.15) is 0 Å². The summed E-state index contributed by atoms with van der Waals surface area (Å²) in [6.45, 7) is 9.26. The highest BCUT2D eigenvalue weighted by Gasteiger charge is 2.29. The zero-order valence-electron chi connectivity index (χ0n) is 13.3. The molecular weight excluding hydrogens is 266 g/mol. The lowest BCUT2D eigenvalue weighted by atomic mass is 9.95. The van der Waals surface area contributed by atoms with Gasteiger partial charge < -0.3 is 16.4 Å². The second-order valence-corrected chi connectivity index (χ2v) is 6.65. The van der Waals surface area contributed by atoms with Crippen LogP contribution in [0.1, 0.15) is 45.0 Å². The number of nitrogen functional groups attached to an aromatic ring is 1. The number of nitrogens with zero attached hydrogens (tertiary/aromatic N) is 2. The molecule has 0 aromatic carbocycles. The van der Waals surface area contributed by atoms with Gasteiger partial charge in [0.25, 0.3) is 0 Å². The van der Waals surface area contributed by atoms with Gasteiger partial charge >= 0.3 is 0 Å². The number of nitrogens with one attached hydrogen (secondary N) is 2. The van der Waals surface area contributed by atoms with Gasteiger partial charge in [0, 0.05) is 30.0 Å². The van der Waals surface area contributed by atoms with Gasteiger partial charge in [-0.05, 0) is 19.8 Å². The maximum Gasteiger partial charge on any atom is 0.223 e. The Bertz CT molecular complexity index is 532. The number of nitrogens with two attached hydrogens (primary N) is 1. The summed E-state index contributed by atoms with van der Waals surface area (Å²) in [4.78, 5) is 20.4. The molecule has 1 amide bonds. The van der Waals surface area contributed by atoms with Crippen molar-refractivity contribution in [1.82, 2.24) is 15.3 Å². The largest absolute Gasteiger partial charge is 0.383 e. The lowest BCUT2D eigenvalue weighted by Gasteiger charge is -2.19. The van der Waals surface area contributed by atoms with Gasteiger partial charge in [-0.15, -0.1) is 0 Å². The Morgan fingerprint density at radius 3 is 2.52 bits per heavy atom. The van der Waals surface area contributed by atoms with Crippen LogP contribution in [-0.4, -0.2) is 29.0 Å². The second-order valence-electron chi connectivity index (χ2n) is 6.65. The third-order valence-corrected chi connectivity index (χ3v) is 3.52. The van der Waals surface area contributed by atoms with Crippen molar-refractivity contribution in [3.63, 3.8) is 0 Å². The minimum Gasteiger partial charge on any atom is -0.383 e. The predicted octanol–water partition coefficient (Wildman–Crippen LogP) is 1.60. The number of aromatic nitrogens is 2. The van der Waals surface area contributed by atoms with Crippen LogP contribution in [0.15, 0.2) is 0 Å². The van der Waals surface area contributed by atoms with Crippen molar-refractivity contribution >= 4 is 17.5 Å². The Hall–Kier alpha value is -1.85. The molecule has 0 atom stereocenters. The van der Waals surface area contributed by atoms with Crippen LogP contribution < -0.4 is 16.4 Å². The summed E-state index contributed by atoms with van der Waals surface area (Å²) in [6, 6.07) is 0. The molecule has 0 radical (unpaired) electrons. The third kappa shape index (κ3) is 4.06. The quantitative estimate of drug-likeness (QED) is 0.717. The van der Waals surface area contributed by atoms with E-state index in [1.54, 1.807) is 0 Å². The van der Waals surface area contributed by atoms with Crippen LogP contribution in [0.25, 0.3) is 0 Å². The lowest BCUT2D eigenvalue weighted by Crippen LogP contribution is -2.30. The monoisotopic (exact) mass is 291 g/mol. The van der Waals surface area contributed by atoms with E-state index < -0.39 is 0 Å². The number of hydrogen-bond donors (Lipinski definition) is 3. The van der Waals surface area contributed by atoms with E-state index in [1.807, 2.05) is 6.92 Å². The molecule has 4 N–H and O–H groups in total. The Morgan fingerprint density at radius 2 is 1.95 bits per heavy atom. The van der Waals surface area contributed by atoms with E-state index in [0.717, 1.165) is 30.0 Å². The highest BCUT2D eigenvalue weighted by atomic mass is 16.2. The molecule has 1 saturated carbocycles. The molecular formula is C15H25N5O.